The van der Waals surface area contributed by atoms with Crippen LogP contribution in [0.2, 0.25) is 0 Å². The van der Waals surface area contributed by atoms with E-state index in [4.69, 9.17) is 5.26 Å². The molecule has 1 aliphatic rings. The van der Waals surface area contributed by atoms with Crippen molar-refractivity contribution in [3.05, 3.63) is 23.4 Å². The van der Waals surface area contributed by atoms with Gasteiger partial charge in [-0.3, -0.25) is 0 Å². The number of nitrogens with one attached hydrogen (secondary N) is 2. The first-order chi connectivity index (χ1) is 7.78. The van der Waals surface area contributed by atoms with Crippen LogP contribution in [0.5, 0.6) is 0 Å². The normalized spacial score (nSPS) is 20.1. The standard InChI is InChI=1S/C12H16N4/c1-9-5-10(7-13)6-12(15-9)16-11-3-2-4-14-8-11/h5-6,11,14H,2-4,8H2,1H3,(H,15,16). The maximum atomic E-state index is 8.87. The molecule has 0 spiro atoms. The highest BCUT2D eigenvalue weighted by Gasteiger charge is 2.13. The van der Waals surface area contributed by atoms with Gasteiger partial charge in [0, 0.05) is 18.3 Å². The smallest absolute Gasteiger partial charge is 0.127 e. The monoisotopic (exact) mass is 216 g/mol. The molecule has 1 aliphatic heterocycles. The van der Waals surface area contributed by atoms with Gasteiger partial charge in [0.15, 0.2) is 0 Å². The van der Waals surface area contributed by atoms with Gasteiger partial charge in [0.25, 0.3) is 0 Å². The first-order valence-corrected chi connectivity index (χ1v) is 5.64. The molecule has 0 amide bonds. The third-order valence-corrected chi connectivity index (χ3v) is 2.73. The molecule has 1 fully saturated rings. The maximum Gasteiger partial charge on any atom is 0.127 e. The number of hydrogen-bond acceptors (Lipinski definition) is 4. The van der Waals surface area contributed by atoms with Crippen LogP contribution < -0.4 is 10.6 Å². The zero-order valence-corrected chi connectivity index (χ0v) is 9.45. The van der Waals surface area contributed by atoms with Crippen LogP contribution in [0.3, 0.4) is 0 Å². The van der Waals surface area contributed by atoms with Crippen LogP contribution in [0.15, 0.2) is 12.1 Å². The predicted molar refractivity (Wildman–Crippen MR) is 63.2 cm³/mol. The summed E-state index contributed by atoms with van der Waals surface area (Å²) in [6.07, 6.45) is 2.35. The first kappa shape index (κ1) is 10.9. The van der Waals surface area contributed by atoms with E-state index in [1.807, 2.05) is 13.0 Å². The topological polar surface area (TPSA) is 60.7 Å². The molecule has 1 unspecified atom stereocenters. The number of rotatable bonds is 2. The minimum absolute atomic E-state index is 0.426. The lowest BCUT2D eigenvalue weighted by Crippen LogP contribution is -2.38. The quantitative estimate of drug-likeness (QED) is 0.785. The molecule has 4 nitrogen and oxygen atoms in total. The highest BCUT2D eigenvalue weighted by Crippen LogP contribution is 2.13. The molecule has 84 valence electrons. The second-order valence-electron chi connectivity index (χ2n) is 4.18. The number of anilines is 1. The summed E-state index contributed by atoms with van der Waals surface area (Å²) >= 11 is 0. The SMILES string of the molecule is Cc1cc(C#N)cc(NC2CCCNC2)n1. The number of aryl methyl sites for hydroxylation is 1. The average molecular weight is 216 g/mol. The van der Waals surface area contributed by atoms with Crippen LogP contribution in [0.25, 0.3) is 0 Å². The second-order valence-corrected chi connectivity index (χ2v) is 4.18. The van der Waals surface area contributed by atoms with E-state index in [1.54, 1.807) is 6.07 Å². The van der Waals surface area contributed by atoms with Gasteiger partial charge in [-0.05, 0) is 38.4 Å². The molecule has 16 heavy (non-hydrogen) atoms. The van der Waals surface area contributed by atoms with Gasteiger partial charge >= 0.3 is 0 Å². The van der Waals surface area contributed by atoms with Crippen LogP contribution in [-0.2, 0) is 0 Å². The summed E-state index contributed by atoms with van der Waals surface area (Å²) in [5.74, 6) is 0.810. The molecule has 0 aliphatic carbocycles. The number of aromatic nitrogens is 1. The summed E-state index contributed by atoms with van der Waals surface area (Å²) in [4.78, 5) is 4.39. The fourth-order valence-electron chi connectivity index (χ4n) is 1.99. The summed E-state index contributed by atoms with van der Waals surface area (Å²) < 4.78 is 0. The minimum Gasteiger partial charge on any atom is -0.366 e. The van der Waals surface area contributed by atoms with Gasteiger partial charge in [0.1, 0.15) is 5.82 Å². The van der Waals surface area contributed by atoms with E-state index >= 15 is 0 Å². The maximum absolute atomic E-state index is 8.87. The van der Waals surface area contributed by atoms with E-state index in [1.165, 1.54) is 6.42 Å². The molecule has 0 saturated carbocycles. The van der Waals surface area contributed by atoms with Crippen molar-refractivity contribution in [1.29, 1.82) is 5.26 Å². The molecule has 1 atom stereocenters. The Morgan fingerprint density at radius 1 is 1.56 bits per heavy atom. The molecule has 1 aromatic rings. The summed E-state index contributed by atoms with van der Waals surface area (Å²) in [5.41, 5.74) is 1.55. The van der Waals surface area contributed by atoms with Crippen molar-refractivity contribution in [3.8, 4) is 6.07 Å². The molecule has 2 heterocycles. The molecule has 1 saturated heterocycles. The molecule has 0 aromatic carbocycles. The number of nitrogens with zero attached hydrogens (tertiary/aromatic N) is 2. The van der Waals surface area contributed by atoms with Gasteiger partial charge in [-0.2, -0.15) is 5.26 Å². The Labute approximate surface area is 95.7 Å². The molecular formula is C12H16N4. The van der Waals surface area contributed by atoms with Crippen LogP contribution >= 0.6 is 0 Å². The molecule has 0 radical (unpaired) electrons. The lowest BCUT2D eigenvalue weighted by Gasteiger charge is -2.24. The number of nitriles is 1. The van der Waals surface area contributed by atoms with E-state index in [9.17, 15) is 0 Å². The van der Waals surface area contributed by atoms with Crippen LogP contribution in [0.4, 0.5) is 5.82 Å². The summed E-state index contributed by atoms with van der Waals surface area (Å²) in [6.45, 7) is 3.98. The van der Waals surface area contributed by atoms with Crippen molar-refractivity contribution in [2.45, 2.75) is 25.8 Å². The third kappa shape index (κ3) is 2.71. The Hall–Kier alpha value is -1.60. The Kier molecular flexibility index (Phi) is 3.37. The zero-order chi connectivity index (χ0) is 11.4. The Balaban J connectivity index is 2.08. The third-order valence-electron chi connectivity index (χ3n) is 2.73. The molecular weight excluding hydrogens is 200 g/mol. The van der Waals surface area contributed by atoms with Crippen molar-refractivity contribution in [2.75, 3.05) is 18.4 Å². The van der Waals surface area contributed by atoms with Crippen molar-refractivity contribution < 1.29 is 0 Å². The lowest BCUT2D eigenvalue weighted by molar-refractivity contribution is 0.479. The van der Waals surface area contributed by atoms with Crippen LogP contribution in [0.1, 0.15) is 24.1 Å². The van der Waals surface area contributed by atoms with E-state index in [0.29, 0.717) is 11.6 Å². The van der Waals surface area contributed by atoms with Gasteiger partial charge in [-0.25, -0.2) is 4.98 Å². The van der Waals surface area contributed by atoms with Crippen LogP contribution in [-0.4, -0.2) is 24.1 Å². The summed E-state index contributed by atoms with van der Waals surface area (Å²) in [7, 11) is 0. The Morgan fingerprint density at radius 3 is 3.12 bits per heavy atom. The van der Waals surface area contributed by atoms with Crippen molar-refractivity contribution in [3.63, 3.8) is 0 Å². The average Bonchev–Trinajstić information content (AvgIpc) is 2.29. The fraction of sp³-hybridized carbons (Fsp3) is 0.500. The number of piperidine rings is 1. The molecule has 1 aromatic heterocycles. The van der Waals surface area contributed by atoms with E-state index < -0.39 is 0 Å². The largest absolute Gasteiger partial charge is 0.366 e. The van der Waals surface area contributed by atoms with Gasteiger partial charge in [-0.15, -0.1) is 0 Å². The van der Waals surface area contributed by atoms with Crippen molar-refractivity contribution in [2.24, 2.45) is 0 Å². The van der Waals surface area contributed by atoms with E-state index in [0.717, 1.165) is 31.0 Å². The number of pyridine rings is 1. The molecule has 0 bridgehead atoms. The predicted octanol–water partition coefficient (Wildman–Crippen LogP) is 1.43. The van der Waals surface area contributed by atoms with Crippen molar-refractivity contribution in [1.82, 2.24) is 10.3 Å². The van der Waals surface area contributed by atoms with Gasteiger partial charge in [0.05, 0.1) is 11.6 Å². The summed E-state index contributed by atoms with van der Waals surface area (Å²) in [5, 5.41) is 15.6. The lowest BCUT2D eigenvalue weighted by atomic mass is 10.1. The Morgan fingerprint density at radius 2 is 2.44 bits per heavy atom. The Bertz CT molecular complexity index is 402. The fourth-order valence-corrected chi connectivity index (χ4v) is 1.99. The number of hydrogen-bond donors (Lipinski definition) is 2. The van der Waals surface area contributed by atoms with Gasteiger partial charge < -0.3 is 10.6 Å². The highest BCUT2D eigenvalue weighted by molar-refractivity contribution is 5.45. The second kappa shape index (κ2) is 4.95. The van der Waals surface area contributed by atoms with Crippen LogP contribution in [0, 0.1) is 18.3 Å². The first-order valence-electron chi connectivity index (χ1n) is 5.64. The van der Waals surface area contributed by atoms with Gasteiger partial charge in [-0.1, -0.05) is 0 Å². The van der Waals surface area contributed by atoms with Gasteiger partial charge in [0.2, 0.25) is 0 Å². The zero-order valence-electron chi connectivity index (χ0n) is 9.45. The summed E-state index contributed by atoms with van der Waals surface area (Å²) in [6, 6.07) is 6.18. The molecule has 2 rings (SSSR count). The highest BCUT2D eigenvalue weighted by atomic mass is 15.1. The molecule has 4 heteroatoms. The van der Waals surface area contributed by atoms with Crippen molar-refractivity contribution >= 4 is 5.82 Å². The van der Waals surface area contributed by atoms with E-state index in [-0.39, 0.29) is 0 Å². The molecule has 2 N–H and O–H groups in total. The minimum atomic E-state index is 0.426. The van der Waals surface area contributed by atoms with E-state index in [2.05, 4.69) is 21.7 Å².